The lowest BCUT2D eigenvalue weighted by Gasteiger charge is -2.13. The quantitative estimate of drug-likeness (QED) is 0.628. The Balaban J connectivity index is 1.69. The van der Waals surface area contributed by atoms with Crippen LogP contribution in [0, 0.1) is 6.92 Å². The number of anilines is 1. The molecule has 3 aromatic rings. The topological polar surface area (TPSA) is 94.6 Å². The summed E-state index contributed by atoms with van der Waals surface area (Å²) in [4.78, 5) is 40.9. The van der Waals surface area contributed by atoms with Crippen LogP contribution in [0.2, 0.25) is 0 Å². The Bertz CT molecular complexity index is 1110. The van der Waals surface area contributed by atoms with Gasteiger partial charge in [-0.1, -0.05) is 25.1 Å². The molecule has 1 heterocycles. The van der Waals surface area contributed by atoms with Crippen LogP contribution in [-0.4, -0.2) is 36.5 Å². The summed E-state index contributed by atoms with van der Waals surface area (Å²) in [5, 5.41) is 3.49. The second-order valence-corrected chi connectivity index (χ2v) is 6.62. The lowest BCUT2D eigenvalue weighted by Crippen LogP contribution is -2.22. The van der Waals surface area contributed by atoms with E-state index in [0.29, 0.717) is 28.9 Å². The number of aryl methyl sites for hydroxylation is 2. The van der Waals surface area contributed by atoms with E-state index >= 15 is 0 Å². The fourth-order valence-electron chi connectivity index (χ4n) is 3.18. The first-order valence-electron chi connectivity index (χ1n) is 9.48. The third kappa shape index (κ3) is 4.46. The molecule has 30 heavy (non-hydrogen) atoms. The summed E-state index contributed by atoms with van der Waals surface area (Å²) < 4.78 is 9.88. The third-order valence-electron chi connectivity index (χ3n) is 4.69. The molecule has 1 N–H and O–H groups in total. The minimum Gasteiger partial charge on any atom is -0.465 e. The first kappa shape index (κ1) is 21.0. The molecule has 0 saturated heterocycles. The van der Waals surface area contributed by atoms with Gasteiger partial charge in [-0.3, -0.25) is 9.78 Å². The van der Waals surface area contributed by atoms with Gasteiger partial charge in [-0.15, -0.1) is 0 Å². The largest absolute Gasteiger partial charge is 0.465 e. The number of hydrogen-bond acceptors (Lipinski definition) is 6. The van der Waals surface area contributed by atoms with Gasteiger partial charge in [-0.25, -0.2) is 9.59 Å². The van der Waals surface area contributed by atoms with Crippen LogP contribution in [0.3, 0.4) is 0 Å². The smallest absolute Gasteiger partial charge is 0.340 e. The number of fused-ring (bicyclic) bond motifs is 1. The van der Waals surface area contributed by atoms with Crippen LogP contribution in [0.1, 0.15) is 38.9 Å². The van der Waals surface area contributed by atoms with Gasteiger partial charge in [0.2, 0.25) is 0 Å². The number of hydrogen-bond donors (Lipinski definition) is 1. The van der Waals surface area contributed by atoms with E-state index in [1.54, 1.807) is 12.1 Å². The zero-order valence-corrected chi connectivity index (χ0v) is 17.0. The summed E-state index contributed by atoms with van der Waals surface area (Å²) in [6.45, 7) is 3.33. The van der Waals surface area contributed by atoms with Gasteiger partial charge in [0.25, 0.3) is 5.91 Å². The van der Waals surface area contributed by atoms with Crippen LogP contribution in [0.5, 0.6) is 0 Å². The summed E-state index contributed by atoms with van der Waals surface area (Å²) in [5.41, 5.74) is 3.47. The first-order chi connectivity index (χ1) is 14.4. The van der Waals surface area contributed by atoms with Crippen molar-refractivity contribution in [3.05, 3.63) is 70.9 Å². The second-order valence-electron chi connectivity index (χ2n) is 6.62. The molecule has 2 aromatic carbocycles. The maximum Gasteiger partial charge on any atom is 0.340 e. The van der Waals surface area contributed by atoms with Crippen molar-refractivity contribution in [1.29, 1.82) is 0 Å². The van der Waals surface area contributed by atoms with Crippen molar-refractivity contribution >= 4 is 34.4 Å². The van der Waals surface area contributed by atoms with E-state index in [-0.39, 0.29) is 0 Å². The molecular formula is C23H22N2O5. The highest BCUT2D eigenvalue weighted by atomic mass is 16.5. The molecule has 0 spiro atoms. The molecule has 3 rings (SSSR count). The minimum absolute atomic E-state index is 0.369. The van der Waals surface area contributed by atoms with Crippen LogP contribution in [-0.2, 0) is 20.7 Å². The first-order valence-corrected chi connectivity index (χ1v) is 9.48. The number of para-hydroxylation sites is 1. The van der Waals surface area contributed by atoms with E-state index in [2.05, 4.69) is 15.0 Å². The Kier molecular flexibility index (Phi) is 6.41. The van der Waals surface area contributed by atoms with Crippen LogP contribution >= 0.6 is 0 Å². The molecule has 0 unspecified atom stereocenters. The summed E-state index contributed by atoms with van der Waals surface area (Å²) in [5.74, 6) is -1.54. The van der Waals surface area contributed by atoms with Gasteiger partial charge < -0.3 is 14.8 Å². The number of carbonyl (C=O) groups is 3. The number of esters is 2. The molecule has 1 amide bonds. The van der Waals surface area contributed by atoms with E-state index in [0.717, 1.165) is 16.5 Å². The highest BCUT2D eigenvalue weighted by Gasteiger charge is 2.20. The SMILES string of the molecule is CCc1nc2ccccc2c(C)c1C(=O)OCC(=O)Nc1ccc(C(=O)OC)cc1. The zero-order valence-electron chi connectivity index (χ0n) is 17.0. The lowest BCUT2D eigenvalue weighted by molar-refractivity contribution is -0.119. The Labute approximate surface area is 174 Å². The molecular weight excluding hydrogens is 384 g/mol. The Morgan fingerprint density at radius 3 is 2.37 bits per heavy atom. The van der Waals surface area contributed by atoms with Gasteiger partial charge in [0, 0.05) is 11.1 Å². The van der Waals surface area contributed by atoms with Crippen molar-refractivity contribution in [2.45, 2.75) is 20.3 Å². The van der Waals surface area contributed by atoms with Crippen molar-refractivity contribution in [1.82, 2.24) is 4.98 Å². The maximum absolute atomic E-state index is 12.7. The monoisotopic (exact) mass is 406 g/mol. The highest BCUT2D eigenvalue weighted by Crippen LogP contribution is 2.24. The Hall–Kier alpha value is -3.74. The predicted octanol–water partition coefficient (Wildman–Crippen LogP) is 3.69. The molecule has 0 saturated carbocycles. The molecule has 7 nitrogen and oxygen atoms in total. The van der Waals surface area contributed by atoms with Crippen LogP contribution in [0.4, 0.5) is 5.69 Å². The summed E-state index contributed by atoms with van der Waals surface area (Å²) >= 11 is 0. The molecule has 0 fully saturated rings. The molecule has 0 aliphatic rings. The molecule has 1 aromatic heterocycles. The number of aromatic nitrogens is 1. The second kappa shape index (κ2) is 9.17. The van der Waals surface area contributed by atoms with E-state index in [9.17, 15) is 14.4 Å². The van der Waals surface area contributed by atoms with Crippen molar-refractivity contribution in [3.63, 3.8) is 0 Å². The number of ether oxygens (including phenoxy) is 2. The van der Waals surface area contributed by atoms with Crippen molar-refractivity contribution in [2.24, 2.45) is 0 Å². The molecule has 0 radical (unpaired) electrons. The zero-order chi connectivity index (χ0) is 21.7. The Morgan fingerprint density at radius 2 is 1.70 bits per heavy atom. The standard InChI is InChI=1S/C23H22N2O5/c1-4-18-21(14(2)17-7-5-6-8-19(17)25-18)23(28)30-13-20(26)24-16-11-9-15(10-12-16)22(27)29-3/h5-12H,4,13H2,1-3H3,(H,24,26). The fourth-order valence-corrected chi connectivity index (χ4v) is 3.18. The van der Waals surface area contributed by atoms with Crippen LogP contribution in [0.15, 0.2) is 48.5 Å². The molecule has 0 aliphatic heterocycles. The average molecular weight is 406 g/mol. The van der Waals surface area contributed by atoms with Gasteiger partial charge >= 0.3 is 11.9 Å². The van der Waals surface area contributed by atoms with Gasteiger partial charge in [0.05, 0.1) is 29.4 Å². The minimum atomic E-state index is -0.584. The molecule has 7 heteroatoms. The highest BCUT2D eigenvalue weighted by molar-refractivity contribution is 6.00. The van der Waals surface area contributed by atoms with Gasteiger partial charge in [-0.05, 0) is 49.2 Å². The number of pyridine rings is 1. The fraction of sp³-hybridized carbons (Fsp3) is 0.217. The number of nitrogens with zero attached hydrogens (tertiary/aromatic N) is 1. The van der Waals surface area contributed by atoms with Crippen molar-refractivity contribution in [2.75, 3.05) is 19.0 Å². The third-order valence-corrected chi connectivity index (χ3v) is 4.69. The number of rotatable bonds is 6. The average Bonchev–Trinajstić information content (AvgIpc) is 2.77. The maximum atomic E-state index is 12.7. The van der Waals surface area contributed by atoms with Gasteiger partial charge in [0.15, 0.2) is 6.61 Å². The molecule has 0 bridgehead atoms. The van der Waals surface area contributed by atoms with Crippen molar-refractivity contribution in [3.8, 4) is 0 Å². The summed E-state index contributed by atoms with van der Waals surface area (Å²) in [6, 6.07) is 13.8. The molecule has 154 valence electrons. The number of amides is 1. The number of carbonyl (C=O) groups excluding carboxylic acids is 3. The van der Waals surface area contributed by atoms with Crippen molar-refractivity contribution < 1.29 is 23.9 Å². The molecule has 0 aliphatic carbocycles. The Morgan fingerprint density at radius 1 is 1.00 bits per heavy atom. The van der Waals surface area contributed by atoms with E-state index in [1.165, 1.54) is 19.2 Å². The van der Waals surface area contributed by atoms with E-state index in [4.69, 9.17) is 4.74 Å². The van der Waals surface area contributed by atoms with Gasteiger partial charge in [0.1, 0.15) is 0 Å². The molecule has 0 atom stereocenters. The van der Waals surface area contributed by atoms with E-state index < -0.39 is 24.5 Å². The van der Waals surface area contributed by atoms with Gasteiger partial charge in [-0.2, -0.15) is 0 Å². The lowest BCUT2D eigenvalue weighted by atomic mass is 10.0. The number of methoxy groups -OCH3 is 1. The number of benzene rings is 2. The summed E-state index contributed by atoms with van der Waals surface area (Å²) in [6.07, 6.45) is 0.564. The summed E-state index contributed by atoms with van der Waals surface area (Å²) in [7, 11) is 1.29. The van der Waals surface area contributed by atoms with E-state index in [1.807, 2.05) is 38.1 Å². The number of nitrogens with one attached hydrogen (secondary N) is 1. The normalized spacial score (nSPS) is 10.5. The predicted molar refractivity (Wildman–Crippen MR) is 113 cm³/mol. The van der Waals surface area contributed by atoms with Crippen LogP contribution in [0.25, 0.3) is 10.9 Å². The van der Waals surface area contributed by atoms with Crippen LogP contribution < -0.4 is 5.32 Å².